The van der Waals surface area contributed by atoms with Gasteiger partial charge in [0.15, 0.2) is 11.1 Å². The second-order valence-electron chi connectivity index (χ2n) is 14.6. The number of fused-ring (bicyclic) bond motifs is 3. The lowest BCUT2D eigenvalue weighted by molar-refractivity contribution is -0.136. The first-order chi connectivity index (χ1) is 25.8. The van der Waals surface area contributed by atoms with Crippen molar-refractivity contribution in [3.63, 3.8) is 0 Å². The van der Waals surface area contributed by atoms with Gasteiger partial charge in [0.05, 0.1) is 10.4 Å². The number of halogens is 1. The van der Waals surface area contributed by atoms with Crippen LogP contribution in [0.3, 0.4) is 0 Å². The summed E-state index contributed by atoms with van der Waals surface area (Å²) in [5, 5.41) is 3.08. The smallest absolute Gasteiger partial charge is 0.255 e. The van der Waals surface area contributed by atoms with Crippen molar-refractivity contribution in [2.75, 3.05) is 55.6 Å². The van der Waals surface area contributed by atoms with Crippen molar-refractivity contribution < 1.29 is 18.8 Å². The standard InChI is InChI=1S/C41H39ClN6O5/c42-32-2-1-3-34-36(32)38(50)37-39(53-34)30(12-15-43-37)26-4-7-28(8-5-26)47-20-18-45(19-21-47)23-25-13-16-46(17-14-25)29-9-6-27-24-48(41(52)31(27)22-29)33-10-11-35(49)44-40(33)51/h1-9,12,15,22,25,33H,10-11,13-14,16-21,23-24H2,(H,44,49,51). The molecule has 0 saturated carbocycles. The fourth-order valence-corrected chi connectivity index (χ4v) is 8.75. The quantitative estimate of drug-likeness (QED) is 0.180. The number of nitrogens with one attached hydrogen (secondary N) is 1. The first kappa shape index (κ1) is 33.6. The Morgan fingerprint density at radius 1 is 0.811 bits per heavy atom. The Labute approximate surface area is 311 Å². The molecule has 0 radical (unpaired) electrons. The van der Waals surface area contributed by atoms with E-state index in [4.69, 9.17) is 16.0 Å². The highest BCUT2D eigenvalue weighted by molar-refractivity contribution is 6.35. The summed E-state index contributed by atoms with van der Waals surface area (Å²) in [5.41, 5.74) is 6.55. The van der Waals surface area contributed by atoms with Crippen LogP contribution in [0.4, 0.5) is 11.4 Å². The minimum atomic E-state index is -0.595. The number of carbonyl (C=O) groups excluding carboxylic acids is 3. The van der Waals surface area contributed by atoms with Gasteiger partial charge in [0, 0.05) is 87.5 Å². The molecule has 1 unspecified atom stereocenters. The Morgan fingerprint density at radius 2 is 1.57 bits per heavy atom. The van der Waals surface area contributed by atoms with E-state index >= 15 is 0 Å². The van der Waals surface area contributed by atoms with Gasteiger partial charge in [-0.15, -0.1) is 0 Å². The van der Waals surface area contributed by atoms with Crippen molar-refractivity contribution in [3.8, 4) is 11.1 Å². The van der Waals surface area contributed by atoms with E-state index in [-0.39, 0.29) is 35.1 Å². The zero-order valence-electron chi connectivity index (χ0n) is 29.2. The SMILES string of the molecule is O=C1CCC(N2Cc3ccc(N4CCC(CN5CCN(c6ccc(-c7ccnc8c(=O)c9c(Cl)cccc9oc78)cc6)CC5)CC4)cc3C2=O)C(=O)N1. The number of hydrogen-bond acceptors (Lipinski definition) is 9. The lowest BCUT2D eigenvalue weighted by Crippen LogP contribution is -2.52. The summed E-state index contributed by atoms with van der Waals surface area (Å²) >= 11 is 6.32. The molecule has 9 rings (SSSR count). The molecular formula is C41H39ClN6O5. The third-order valence-electron chi connectivity index (χ3n) is 11.5. The third kappa shape index (κ3) is 6.21. The molecule has 3 amide bonds. The first-order valence-corrected chi connectivity index (χ1v) is 18.8. The van der Waals surface area contributed by atoms with Crippen molar-refractivity contribution in [2.45, 2.75) is 38.3 Å². The molecule has 1 N–H and O–H groups in total. The van der Waals surface area contributed by atoms with Gasteiger partial charge >= 0.3 is 0 Å². The van der Waals surface area contributed by atoms with Crippen LogP contribution in [0.1, 0.15) is 41.6 Å². The van der Waals surface area contributed by atoms with E-state index in [1.807, 2.05) is 18.2 Å². The topological polar surface area (TPSA) is 119 Å². The second-order valence-corrected chi connectivity index (χ2v) is 15.0. The Bertz CT molecular complexity index is 2330. The number of nitrogens with zero attached hydrogens (tertiary/aromatic N) is 5. The fourth-order valence-electron chi connectivity index (χ4n) is 8.50. The summed E-state index contributed by atoms with van der Waals surface area (Å²) in [5.74, 6) is -0.157. The van der Waals surface area contributed by atoms with Gasteiger partial charge in [0.1, 0.15) is 11.6 Å². The lowest BCUT2D eigenvalue weighted by Gasteiger charge is -2.40. The zero-order chi connectivity index (χ0) is 36.2. The molecule has 12 heteroatoms. The molecule has 2 aromatic heterocycles. The molecule has 1 atom stereocenters. The molecular weight excluding hydrogens is 692 g/mol. The number of piperazine rings is 1. The van der Waals surface area contributed by atoms with E-state index in [0.29, 0.717) is 46.0 Å². The van der Waals surface area contributed by atoms with E-state index < -0.39 is 6.04 Å². The molecule has 3 saturated heterocycles. The molecule has 53 heavy (non-hydrogen) atoms. The molecule has 3 fully saturated rings. The molecule has 0 spiro atoms. The summed E-state index contributed by atoms with van der Waals surface area (Å²) in [7, 11) is 0. The van der Waals surface area contributed by atoms with Crippen LogP contribution in [0.25, 0.3) is 33.2 Å². The van der Waals surface area contributed by atoms with Crippen molar-refractivity contribution in [1.82, 2.24) is 20.1 Å². The summed E-state index contributed by atoms with van der Waals surface area (Å²) < 4.78 is 6.19. The molecule has 6 heterocycles. The monoisotopic (exact) mass is 730 g/mol. The van der Waals surface area contributed by atoms with E-state index in [1.54, 1.807) is 29.3 Å². The van der Waals surface area contributed by atoms with Gasteiger partial charge in [-0.05, 0) is 78.8 Å². The van der Waals surface area contributed by atoms with Crippen LogP contribution in [-0.4, -0.2) is 84.4 Å². The lowest BCUT2D eigenvalue weighted by atomic mass is 9.95. The number of carbonyl (C=O) groups is 3. The van der Waals surface area contributed by atoms with Crippen LogP contribution in [0.15, 0.2) is 82.1 Å². The average molecular weight is 731 g/mol. The number of pyridine rings is 1. The highest BCUT2D eigenvalue weighted by atomic mass is 35.5. The predicted octanol–water partition coefficient (Wildman–Crippen LogP) is 5.46. The average Bonchev–Trinajstić information content (AvgIpc) is 3.50. The van der Waals surface area contributed by atoms with Gasteiger partial charge in [0.25, 0.3) is 5.91 Å². The Kier molecular flexibility index (Phi) is 8.62. The molecule has 4 aliphatic rings. The molecule has 0 aliphatic carbocycles. The van der Waals surface area contributed by atoms with Crippen LogP contribution >= 0.6 is 11.6 Å². The largest absolute Gasteiger partial charge is 0.453 e. The summed E-state index contributed by atoms with van der Waals surface area (Å²) in [6, 6.07) is 21.1. The first-order valence-electron chi connectivity index (χ1n) is 18.4. The Hall–Kier alpha value is -5.26. The van der Waals surface area contributed by atoms with Gasteiger partial charge in [-0.25, -0.2) is 4.98 Å². The molecule has 0 bridgehead atoms. The number of benzene rings is 3. The molecule has 4 aliphatic heterocycles. The van der Waals surface area contributed by atoms with Crippen molar-refractivity contribution in [2.24, 2.45) is 5.92 Å². The predicted molar refractivity (Wildman–Crippen MR) is 204 cm³/mol. The van der Waals surface area contributed by atoms with Gasteiger partial charge in [-0.1, -0.05) is 35.9 Å². The maximum atomic E-state index is 13.3. The number of piperidine rings is 2. The molecule has 270 valence electrons. The summed E-state index contributed by atoms with van der Waals surface area (Å²) in [4.78, 5) is 64.0. The number of anilines is 2. The van der Waals surface area contributed by atoms with Crippen molar-refractivity contribution in [1.29, 1.82) is 0 Å². The third-order valence-corrected chi connectivity index (χ3v) is 11.8. The van der Waals surface area contributed by atoms with Crippen LogP contribution in [0.5, 0.6) is 0 Å². The normalized spacial score (nSPS) is 20.1. The highest BCUT2D eigenvalue weighted by Crippen LogP contribution is 2.34. The van der Waals surface area contributed by atoms with Gasteiger partial charge < -0.3 is 19.1 Å². The number of hydrogen-bond donors (Lipinski definition) is 1. The fraction of sp³-hybridized carbons (Fsp3) is 0.341. The maximum Gasteiger partial charge on any atom is 0.255 e. The molecule has 11 nitrogen and oxygen atoms in total. The number of amides is 3. The minimum absolute atomic E-state index is 0.126. The van der Waals surface area contributed by atoms with E-state index in [0.717, 1.165) is 81.0 Å². The van der Waals surface area contributed by atoms with E-state index in [9.17, 15) is 19.2 Å². The highest BCUT2D eigenvalue weighted by Gasteiger charge is 2.39. The zero-order valence-corrected chi connectivity index (χ0v) is 30.0. The maximum absolute atomic E-state index is 13.3. The van der Waals surface area contributed by atoms with Crippen molar-refractivity contribution >= 4 is 62.8 Å². The van der Waals surface area contributed by atoms with Gasteiger partial charge in [0.2, 0.25) is 17.2 Å². The summed E-state index contributed by atoms with van der Waals surface area (Å²) in [6.07, 6.45) is 4.47. The number of imide groups is 1. The van der Waals surface area contributed by atoms with Crippen molar-refractivity contribution in [3.05, 3.63) is 99.3 Å². The second kappa shape index (κ2) is 13.6. The molecule has 5 aromatic rings. The van der Waals surface area contributed by atoms with E-state index in [2.05, 4.69) is 55.3 Å². The minimum Gasteiger partial charge on any atom is -0.453 e. The van der Waals surface area contributed by atoms with E-state index in [1.165, 1.54) is 5.69 Å². The van der Waals surface area contributed by atoms with Gasteiger partial charge in [-0.2, -0.15) is 0 Å². The van der Waals surface area contributed by atoms with Crippen LogP contribution in [0.2, 0.25) is 5.02 Å². The summed E-state index contributed by atoms with van der Waals surface area (Å²) in [6.45, 7) is 7.31. The van der Waals surface area contributed by atoms with Crippen LogP contribution in [-0.2, 0) is 16.1 Å². The number of rotatable bonds is 6. The van der Waals surface area contributed by atoms with Crippen LogP contribution in [0, 0.1) is 5.92 Å². The molecule has 3 aromatic carbocycles. The Balaban J connectivity index is 0.786. The Morgan fingerprint density at radius 3 is 2.34 bits per heavy atom. The van der Waals surface area contributed by atoms with Gasteiger partial charge in [-0.3, -0.25) is 29.4 Å². The van der Waals surface area contributed by atoms with Crippen LogP contribution < -0.4 is 20.5 Å². The number of aromatic nitrogens is 1.